The van der Waals surface area contributed by atoms with E-state index in [0.717, 1.165) is 37.6 Å². The highest BCUT2D eigenvalue weighted by Gasteiger charge is 2.19. The van der Waals surface area contributed by atoms with Crippen molar-refractivity contribution in [3.63, 3.8) is 0 Å². The molecule has 0 radical (unpaired) electrons. The minimum Gasteiger partial charge on any atom is -0.383 e. The molecule has 2 aromatic rings. The summed E-state index contributed by atoms with van der Waals surface area (Å²) >= 11 is 9.41. The summed E-state index contributed by atoms with van der Waals surface area (Å²) in [4.78, 5) is 10.6. The molecule has 0 unspecified atom stereocenters. The molecule has 0 amide bonds. The third-order valence-corrected chi connectivity index (χ3v) is 4.31. The number of para-hydroxylation sites is 1. The average Bonchev–Trinajstić information content (AvgIpc) is 2.52. The topological polar surface area (TPSA) is 64.3 Å². The second-order valence-electron chi connectivity index (χ2n) is 4.66. The number of nitrogens with two attached hydrogens (primary N) is 1. The summed E-state index contributed by atoms with van der Waals surface area (Å²) in [5, 5.41) is 0.141. The first-order chi connectivity index (χ1) is 10.2. The van der Waals surface area contributed by atoms with Crippen LogP contribution in [0.3, 0.4) is 0 Å². The van der Waals surface area contributed by atoms with Gasteiger partial charge in [0.15, 0.2) is 0 Å². The van der Waals surface area contributed by atoms with Crippen LogP contribution in [0.25, 0.3) is 11.3 Å². The number of aromatic nitrogens is 2. The number of nitrogen functional groups attached to an aromatic ring is 1. The van der Waals surface area contributed by atoms with E-state index in [0.29, 0.717) is 16.0 Å². The molecular formula is C14H14BrClN4O. The molecule has 0 saturated carbocycles. The Morgan fingerprint density at radius 1 is 1.19 bits per heavy atom. The number of benzene rings is 1. The van der Waals surface area contributed by atoms with Crippen LogP contribution >= 0.6 is 27.5 Å². The Labute approximate surface area is 136 Å². The number of hydrogen-bond donors (Lipinski definition) is 1. The van der Waals surface area contributed by atoms with E-state index in [1.54, 1.807) is 0 Å². The Morgan fingerprint density at radius 3 is 2.67 bits per heavy atom. The van der Waals surface area contributed by atoms with Gasteiger partial charge in [-0.25, -0.2) is 4.98 Å². The van der Waals surface area contributed by atoms with E-state index < -0.39 is 0 Å². The van der Waals surface area contributed by atoms with Crippen molar-refractivity contribution in [3.8, 4) is 11.3 Å². The summed E-state index contributed by atoms with van der Waals surface area (Å²) in [6.07, 6.45) is 0. The molecule has 2 N–H and O–H groups in total. The summed E-state index contributed by atoms with van der Waals surface area (Å²) in [5.74, 6) is 0.335. The van der Waals surface area contributed by atoms with Crippen molar-refractivity contribution in [1.82, 2.24) is 9.97 Å². The van der Waals surface area contributed by atoms with Gasteiger partial charge < -0.3 is 15.4 Å². The molecule has 1 aromatic carbocycles. The van der Waals surface area contributed by atoms with Crippen LogP contribution in [0.1, 0.15) is 0 Å². The molecular weight excluding hydrogens is 356 g/mol. The van der Waals surface area contributed by atoms with Gasteiger partial charge in [0.1, 0.15) is 5.82 Å². The number of rotatable bonds is 2. The van der Waals surface area contributed by atoms with Gasteiger partial charge in [0.2, 0.25) is 5.28 Å². The number of anilines is 2. The number of nitrogens with zero attached hydrogens (tertiary/aromatic N) is 3. The third-order valence-electron chi connectivity index (χ3n) is 3.36. The molecule has 2 heterocycles. The molecule has 110 valence electrons. The Bertz CT molecular complexity index is 661. The molecule has 1 aliphatic rings. The highest BCUT2D eigenvalue weighted by Crippen LogP contribution is 2.36. The monoisotopic (exact) mass is 368 g/mol. The zero-order valence-corrected chi connectivity index (χ0v) is 13.6. The van der Waals surface area contributed by atoms with Crippen molar-refractivity contribution in [1.29, 1.82) is 0 Å². The molecule has 0 atom stereocenters. The van der Waals surface area contributed by atoms with E-state index in [1.807, 2.05) is 18.2 Å². The quantitative estimate of drug-likeness (QED) is 0.825. The molecule has 1 saturated heterocycles. The van der Waals surface area contributed by atoms with Crippen LogP contribution in [0, 0.1) is 0 Å². The first kappa shape index (κ1) is 14.6. The van der Waals surface area contributed by atoms with Gasteiger partial charge in [-0.05, 0) is 33.6 Å². The maximum Gasteiger partial charge on any atom is 0.224 e. The smallest absolute Gasteiger partial charge is 0.224 e. The van der Waals surface area contributed by atoms with Crippen LogP contribution in [-0.4, -0.2) is 36.3 Å². The van der Waals surface area contributed by atoms with Crippen molar-refractivity contribution < 1.29 is 4.74 Å². The fourth-order valence-electron chi connectivity index (χ4n) is 2.37. The maximum atomic E-state index is 5.95. The second kappa shape index (κ2) is 6.17. The largest absolute Gasteiger partial charge is 0.383 e. The minimum atomic E-state index is 0.141. The Kier molecular flexibility index (Phi) is 4.28. The predicted molar refractivity (Wildman–Crippen MR) is 87.6 cm³/mol. The SMILES string of the molecule is Nc1nc(Cl)nc(-c2ccccc2N2CCOCC2)c1Br. The molecule has 1 fully saturated rings. The van der Waals surface area contributed by atoms with Gasteiger partial charge in [-0.2, -0.15) is 4.98 Å². The Balaban J connectivity index is 2.10. The third kappa shape index (κ3) is 2.97. The van der Waals surface area contributed by atoms with Gasteiger partial charge in [-0.3, -0.25) is 0 Å². The van der Waals surface area contributed by atoms with E-state index in [9.17, 15) is 0 Å². The molecule has 0 bridgehead atoms. The van der Waals surface area contributed by atoms with Gasteiger partial charge in [-0.15, -0.1) is 0 Å². The van der Waals surface area contributed by atoms with Gasteiger partial charge in [0.25, 0.3) is 0 Å². The summed E-state index contributed by atoms with van der Waals surface area (Å²) in [6.45, 7) is 3.15. The molecule has 5 nitrogen and oxygen atoms in total. The molecule has 1 aliphatic heterocycles. The first-order valence-electron chi connectivity index (χ1n) is 6.57. The standard InChI is InChI=1S/C14H14BrClN4O/c15-11-12(18-14(16)19-13(11)17)9-3-1-2-4-10(9)20-5-7-21-8-6-20/h1-4H,5-8H2,(H2,17,18,19). The van der Waals surface area contributed by atoms with Gasteiger partial charge in [-0.1, -0.05) is 18.2 Å². The van der Waals surface area contributed by atoms with E-state index >= 15 is 0 Å². The summed E-state index contributed by atoms with van der Waals surface area (Å²) in [7, 11) is 0. The fourth-order valence-corrected chi connectivity index (χ4v) is 2.93. The van der Waals surface area contributed by atoms with Crippen molar-refractivity contribution in [3.05, 3.63) is 34.0 Å². The fraction of sp³-hybridized carbons (Fsp3) is 0.286. The van der Waals surface area contributed by atoms with E-state index in [2.05, 4.69) is 36.9 Å². The van der Waals surface area contributed by atoms with Crippen molar-refractivity contribution in [2.75, 3.05) is 36.9 Å². The summed E-state index contributed by atoms with van der Waals surface area (Å²) < 4.78 is 6.07. The zero-order chi connectivity index (χ0) is 14.8. The van der Waals surface area contributed by atoms with Gasteiger partial charge in [0.05, 0.1) is 23.4 Å². The average molecular weight is 370 g/mol. The highest BCUT2D eigenvalue weighted by atomic mass is 79.9. The van der Waals surface area contributed by atoms with E-state index in [-0.39, 0.29) is 5.28 Å². The lowest BCUT2D eigenvalue weighted by molar-refractivity contribution is 0.123. The molecule has 0 spiro atoms. The second-order valence-corrected chi connectivity index (χ2v) is 5.79. The minimum absolute atomic E-state index is 0.141. The Hall–Kier alpha value is -1.37. The van der Waals surface area contributed by atoms with Crippen molar-refractivity contribution in [2.24, 2.45) is 0 Å². The zero-order valence-electron chi connectivity index (χ0n) is 11.2. The van der Waals surface area contributed by atoms with E-state index in [1.165, 1.54) is 0 Å². The van der Waals surface area contributed by atoms with Crippen LogP contribution in [-0.2, 0) is 4.74 Å². The molecule has 7 heteroatoms. The van der Waals surface area contributed by atoms with Gasteiger partial charge >= 0.3 is 0 Å². The highest BCUT2D eigenvalue weighted by molar-refractivity contribution is 9.10. The molecule has 1 aromatic heterocycles. The number of hydrogen-bond acceptors (Lipinski definition) is 5. The number of morpholine rings is 1. The lowest BCUT2D eigenvalue weighted by Gasteiger charge is -2.30. The summed E-state index contributed by atoms with van der Waals surface area (Å²) in [5.41, 5.74) is 8.64. The normalized spacial score (nSPS) is 15.2. The predicted octanol–water partition coefficient (Wildman–Crippen LogP) is 2.98. The number of halogens is 2. The van der Waals surface area contributed by atoms with Crippen molar-refractivity contribution in [2.45, 2.75) is 0 Å². The lowest BCUT2D eigenvalue weighted by atomic mass is 10.1. The Morgan fingerprint density at radius 2 is 1.90 bits per heavy atom. The van der Waals surface area contributed by atoms with Crippen LogP contribution in [0.2, 0.25) is 5.28 Å². The summed E-state index contributed by atoms with van der Waals surface area (Å²) in [6, 6.07) is 8.05. The maximum absolute atomic E-state index is 5.95. The van der Waals surface area contributed by atoms with Crippen LogP contribution < -0.4 is 10.6 Å². The van der Waals surface area contributed by atoms with E-state index in [4.69, 9.17) is 22.1 Å². The lowest BCUT2D eigenvalue weighted by Crippen LogP contribution is -2.36. The van der Waals surface area contributed by atoms with Crippen LogP contribution in [0.4, 0.5) is 11.5 Å². The van der Waals surface area contributed by atoms with Crippen LogP contribution in [0.15, 0.2) is 28.7 Å². The molecule has 21 heavy (non-hydrogen) atoms. The van der Waals surface area contributed by atoms with Crippen LogP contribution in [0.5, 0.6) is 0 Å². The van der Waals surface area contributed by atoms with Gasteiger partial charge in [0, 0.05) is 24.3 Å². The first-order valence-corrected chi connectivity index (χ1v) is 7.74. The molecule has 0 aliphatic carbocycles. The number of ether oxygens (including phenoxy) is 1. The van der Waals surface area contributed by atoms with Crippen molar-refractivity contribution >= 4 is 39.0 Å². The molecule has 3 rings (SSSR count).